The summed E-state index contributed by atoms with van der Waals surface area (Å²) < 4.78 is 0. The van der Waals surface area contributed by atoms with Crippen molar-refractivity contribution < 1.29 is 0 Å². The summed E-state index contributed by atoms with van der Waals surface area (Å²) in [6.45, 7) is 0. The standard InChI is InChI=1S/C62H40/c1-5-13-45-29-51(21-17-41(45)9-1)57-35-58(52-22-18-42-10-2-6-14-46(42)30-52)38-61(37-57)55-27-25-50-34-56(28-26-49(50)33-55)62-39-59(53-23-19-43-11-3-7-15-47(43)31-53)36-60(40-62)54-24-20-44-12-4-8-16-48(44)32-54/h1-40H. The smallest absolute Gasteiger partial charge is 0.0171 e. The summed E-state index contributed by atoms with van der Waals surface area (Å²) in [6.07, 6.45) is 0. The van der Waals surface area contributed by atoms with Crippen LogP contribution >= 0.6 is 0 Å². The van der Waals surface area contributed by atoms with Crippen molar-refractivity contribution in [3.8, 4) is 66.8 Å². The van der Waals surface area contributed by atoms with Gasteiger partial charge in [-0.05, 0) is 193 Å². The molecule has 0 nitrogen and oxygen atoms in total. The summed E-state index contributed by atoms with van der Waals surface area (Å²) >= 11 is 0. The third-order valence-electron chi connectivity index (χ3n) is 12.7. The maximum atomic E-state index is 2.36. The Morgan fingerprint density at radius 3 is 0.484 bits per heavy atom. The Morgan fingerprint density at radius 1 is 0.113 bits per heavy atom. The van der Waals surface area contributed by atoms with E-state index in [0.29, 0.717) is 0 Å². The van der Waals surface area contributed by atoms with Crippen LogP contribution in [0.2, 0.25) is 0 Å². The second-order valence-electron chi connectivity index (χ2n) is 16.6. The molecular formula is C62H40. The average Bonchev–Trinajstić information content (AvgIpc) is 3.35. The molecule has 0 unspecified atom stereocenters. The first-order valence-corrected chi connectivity index (χ1v) is 21.5. The lowest BCUT2D eigenvalue weighted by atomic mass is 9.90. The molecule has 288 valence electrons. The zero-order chi connectivity index (χ0) is 41.0. The molecule has 0 aliphatic heterocycles. The molecule has 0 heterocycles. The van der Waals surface area contributed by atoms with Crippen LogP contribution in [0.1, 0.15) is 0 Å². The molecule has 0 atom stereocenters. The first-order chi connectivity index (χ1) is 30.6. The SMILES string of the molecule is c1ccc2cc(-c3cc(-c4ccc5ccccc5c4)cc(-c4ccc5cc(-c6cc(-c7ccc8ccccc8c7)cc(-c7ccc8ccccc8c7)c6)ccc5c4)c3)ccc2c1. The van der Waals surface area contributed by atoms with Crippen molar-refractivity contribution in [2.45, 2.75) is 0 Å². The van der Waals surface area contributed by atoms with Gasteiger partial charge < -0.3 is 0 Å². The molecule has 0 aliphatic rings. The first kappa shape index (κ1) is 35.8. The molecule has 62 heavy (non-hydrogen) atoms. The molecule has 0 spiro atoms. The first-order valence-electron chi connectivity index (χ1n) is 21.5. The maximum absolute atomic E-state index is 2.36. The van der Waals surface area contributed by atoms with E-state index in [-0.39, 0.29) is 0 Å². The highest BCUT2D eigenvalue weighted by molar-refractivity contribution is 5.97. The van der Waals surface area contributed by atoms with Gasteiger partial charge in [0.1, 0.15) is 0 Å². The van der Waals surface area contributed by atoms with Gasteiger partial charge in [-0.15, -0.1) is 0 Å². The molecular weight excluding hydrogens is 745 g/mol. The van der Waals surface area contributed by atoms with Crippen LogP contribution in [0, 0.1) is 0 Å². The van der Waals surface area contributed by atoms with Crippen molar-refractivity contribution in [3.63, 3.8) is 0 Å². The predicted octanol–water partition coefficient (Wildman–Crippen LogP) is 17.5. The van der Waals surface area contributed by atoms with Crippen molar-refractivity contribution in [2.24, 2.45) is 0 Å². The van der Waals surface area contributed by atoms with Crippen LogP contribution < -0.4 is 0 Å². The highest BCUT2D eigenvalue weighted by atomic mass is 14.2. The van der Waals surface area contributed by atoms with Crippen LogP contribution in [0.4, 0.5) is 0 Å². The highest BCUT2D eigenvalue weighted by Gasteiger charge is 2.13. The van der Waals surface area contributed by atoms with E-state index in [1.165, 1.54) is 121 Å². The Bertz CT molecular complexity index is 3260. The second kappa shape index (κ2) is 14.9. The topological polar surface area (TPSA) is 0 Å². The lowest BCUT2D eigenvalue weighted by Gasteiger charge is -2.14. The molecule has 0 heteroatoms. The zero-order valence-corrected chi connectivity index (χ0v) is 34.1. The fourth-order valence-electron chi connectivity index (χ4n) is 9.34. The third-order valence-corrected chi connectivity index (χ3v) is 12.7. The van der Waals surface area contributed by atoms with Gasteiger partial charge in [-0.3, -0.25) is 0 Å². The van der Waals surface area contributed by atoms with Crippen LogP contribution in [0.15, 0.2) is 243 Å². The quantitative estimate of drug-likeness (QED) is 0.158. The fraction of sp³-hybridized carbons (Fsp3) is 0. The van der Waals surface area contributed by atoms with Crippen LogP contribution in [0.25, 0.3) is 121 Å². The van der Waals surface area contributed by atoms with Crippen molar-refractivity contribution in [3.05, 3.63) is 243 Å². The van der Waals surface area contributed by atoms with E-state index in [1.54, 1.807) is 0 Å². The fourth-order valence-corrected chi connectivity index (χ4v) is 9.34. The Morgan fingerprint density at radius 2 is 0.274 bits per heavy atom. The highest BCUT2D eigenvalue weighted by Crippen LogP contribution is 2.39. The lowest BCUT2D eigenvalue weighted by Crippen LogP contribution is -1.88. The monoisotopic (exact) mass is 784 g/mol. The Hall–Kier alpha value is -8.06. The molecule has 0 aromatic heterocycles. The zero-order valence-electron chi connectivity index (χ0n) is 34.1. The number of rotatable bonds is 6. The molecule has 12 rings (SSSR count). The summed E-state index contributed by atoms with van der Waals surface area (Å²) in [5, 5.41) is 12.4. The van der Waals surface area contributed by atoms with Gasteiger partial charge in [-0.1, -0.05) is 170 Å². The van der Waals surface area contributed by atoms with Gasteiger partial charge in [0.25, 0.3) is 0 Å². The van der Waals surface area contributed by atoms with E-state index in [9.17, 15) is 0 Å². The van der Waals surface area contributed by atoms with E-state index in [1.807, 2.05) is 0 Å². The lowest BCUT2D eigenvalue weighted by molar-refractivity contribution is 1.58. The second-order valence-corrected chi connectivity index (χ2v) is 16.6. The van der Waals surface area contributed by atoms with Gasteiger partial charge in [-0.25, -0.2) is 0 Å². The summed E-state index contributed by atoms with van der Waals surface area (Å²) in [5.74, 6) is 0. The number of hydrogen-bond donors (Lipinski definition) is 0. The molecule has 0 N–H and O–H groups in total. The van der Waals surface area contributed by atoms with Gasteiger partial charge in [-0.2, -0.15) is 0 Å². The van der Waals surface area contributed by atoms with Gasteiger partial charge in [0.05, 0.1) is 0 Å². The minimum Gasteiger partial charge on any atom is -0.0616 e. The average molecular weight is 785 g/mol. The normalized spacial score (nSPS) is 11.5. The molecule has 12 aromatic rings. The molecule has 0 amide bonds. The van der Waals surface area contributed by atoms with E-state index in [2.05, 4.69) is 243 Å². The molecule has 0 saturated heterocycles. The largest absolute Gasteiger partial charge is 0.0616 e. The maximum Gasteiger partial charge on any atom is -0.0171 e. The van der Waals surface area contributed by atoms with E-state index in [0.717, 1.165) is 0 Å². The van der Waals surface area contributed by atoms with E-state index >= 15 is 0 Å². The van der Waals surface area contributed by atoms with Crippen molar-refractivity contribution in [1.82, 2.24) is 0 Å². The van der Waals surface area contributed by atoms with Crippen molar-refractivity contribution in [2.75, 3.05) is 0 Å². The Balaban J connectivity index is 0.966. The number of hydrogen-bond acceptors (Lipinski definition) is 0. The van der Waals surface area contributed by atoms with Crippen LogP contribution in [0.5, 0.6) is 0 Å². The van der Waals surface area contributed by atoms with E-state index < -0.39 is 0 Å². The number of benzene rings is 12. The van der Waals surface area contributed by atoms with Gasteiger partial charge >= 0.3 is 0 Å². The summed E-state index contributed by atoms with van der Waals surface area (Å²) in [5.41, 5.74) is 14.5. The molecule has 0 bridgehead atoms. The number of fused-ring (bicyclic) bond motifs is 5. The summed E-state index contributed by atoms with van der Waals surface area (Å²) in [7, 11) is 0. The van der Waals surface area contributed by atoms with E-state index in [4.69, 9.17) is 0 Å². The Kier molecular flexibility index (Phi) is 8.61. The van der Waals surface area contributed by atoms with Crippen LogP contribution in [-0.2, 0) is 0 Å². The summed E-state index contributed by atoms with van der Waals surface area (Å²) in [4.78, 5) is 0. The van der Waals surface area contributed by atoms with Gasteiger partial charge in [0.15, 0.2) is 0 Å². The molecule has 0 radical (unpaired) electrons. The van der Waals surface area contributed by atoms with Crippen molar-refractivity contribution in [1.29, 1.82) is 0 Å². The third kappa shape index (κ3) is 6.69. The van der Waals surface area contributed by atoms with Crippen molar-refractivity contribution >= 4 is 53.9 Å². The Labute approximate surface area is 361 Å². The minimum absolute atomic E-state index is 1.20. The minimum atomic E-state index is 1.20. The van der Waals surface area contributed by atoms with Gasteiger partial charge in [0, 0.05) is 0 Å². The molecule has 12 aromatic carbocycles. The summed E-state index contributed by atoms with van der Waals surface area (Å²) in [6, 6.07) is 89.7. The van der Waals surface area contributed by atoms with Gasteiger partial charge in [0.2, 0.25) is 0 Å². The molecule has 0 saturated carbocycles. The predicted molar refractivity (Wildman–Crippen MR) is 267 cm³/mol. The molecule has 0 aliphatic carbocycles. The van der Waals surface area contributed by atoms with Crippen LogP contribution in [-0.4, -0.2) is 0 Å². The van der Waals surface area contributed by atoms with Crippen LogP contribution in [0.3, 0.4) is 0 Å². The molecule has 0 fully saturated rings.